The molecule has 0 bridgehead atoms. The van der Waals surface area contributed by atoms with Crippen molar-refractivity contribution in [2.24, 2.45) is 0 Å². The van der Waals surface area contributed by atoms with Gasteiger partial charge in [0.15, 0.2) is 0 Å². The predicted molar refractivity (Wildman–Crippen MR) is 72.2 cm³/mol. The number of aromatic nitrogens is 1. The van der Waals surface area contributed by atoms with E-state index in [1.165, 1.54) is 4.88 Å². The molecule has 1 atom stereocenters. The summed E-state index contributed by atoms with van der Waals surface area (Å²) in [6.07, 6.45) is 5.06. The highest BCUT2D eigenvalue weighted by atomic mass is 32.1. The molecule has 94 valence electrons. The summed E-state index contributed by atoms with van der Waals surface area (Å²) >= 11 is 1.67. The third-order valence-corrected chi connectivity index (χ3v) is 3.81. The SMILES string of the molecule is C/C=C/CC(=O)N[C@@H](CC)c1nc(C)c(C)s1. The molecule has 1 N–H and O–H groups in total. The molecule has 1 aromatic heterocycles. The fraction of sp³-hybridized carbons (Fsp3) is 0.538. The van der Waals surface area contributed by atoms with E-state index in [1.54, 1.807) is 11.3 Å². The molecule has 0 radical (unpaired) electrons. The quantitative estimate of drug-likeness (QED) is 0.817. The molecule has 1 heterocycles. The molecule has 0 aliphatic heterocycles. The van der Waals surface area contributed by atoms with Crippen LogP contribution in [-0.4, -0.2) is 10.9 Å². The van der Waals surface area contributed by atoms with Crippen molar-refractivity contribution in [2.75, 3.05) is 0 Å². The minimum atomic E-state index is 0.0464. The highest BCUT2D eigenvalue weighted by Crippen LogP contribution is 2.24. The van der Waals surface area contributed by atoms with Crippen molar-refractivity contribution < 1.29 is 4.79 Å². The molecule has 0 fully saturated rings. The van der Waals surface area contributed by atoms with Crippen molar-refractivity contribution in [3.8, 4) is 0 Å². The van der Waals surface area contributed by atoms with Crippen molar-refractivity contribution in [1.29, 1.82) is 0 Å². The third kappa shape index (κ3) is 3.97. The molecule has 0 saturated heterocycles. The Morgan fingerprint density at radius 2 is 2.24 bits per heavy atom. The van der Waals surface area contributed by atoms with E-state index in [9.17, 15) is 4.79 Å². The second kappa shape index (κ2) is 6.55. The Morgan fingerprint density at radius 1 is 1.53 bits per heavy atom. The number of hydrogen-bond donors (Lipinski definition) is 1. The van der Waals surface area contributed by atoms with Crippen LogP contribution in [0.15, 0.2) is 12.2 Å². The lowest BCUT2D eigenvalue weighted by Crippen LogP contribution is -2.27. The van der Waals surface area contributed by atoms with Gasteiger partial charge >= 0.3 is 0 Å². The number of thiazole rings is 1. The van der Waals surface area contributed by atoms with Gasteiger partial charge in [-0.15, -0.1) is 11.3 Å². The first-order chi connectivity index (χ1) is 8.08. The zero-order chi connectivity index (χ0) is 12.8. The van der Waals surface area contributed by atoms with E-state index in [2.05, 4.69) is 24.1 Å². The standard InChI is InChI=1S/C13H20N2OS/c1-5-7-8-12(16)15-11(6-2)13-14-9(3)10(4)17-13/h5,7,11H,6,8H2,1-4H3,(H,15,16)/b7-5+/t11-/m0/s1. The lowest BCUT2D eigenvalue weighted by molar-refractivity contribution is -0.121. The number of allylic oxidation sites excluding steroid dienone is 1. The maximum absolute atomic E-state index is 11.7. The minimum absolute atomic E-state index is 0.0464. The first kappa shape index (κ1) is 13.9. The van der Waals surface area contributed by atoms with E-state index < -0.39 is 0 Å². The zero-order valence-corrected chi connectivity index (χ0v) is 11.7. The number of nitrogens with zero attached hydrogens (tertiary/aromatic N) is 1. The summed E-state index contributed by atoms with van der Waals surface area (Å²) in [6.45, 7) is 8.04. The van der Waals surface area contributed by atoms with E-state index in [4.69, 9.17) is 0 Å². The molecule has 4 heteroatoms. The van der Waals surface area contributed by atoms with E-state index in [1.807, 2.05) is 26.0 Å². The predicted octanol–water partition coefficient (Wildman–Crippen LogP) is 3.29. The smallest absolute Gasteiger partial charge is 0.224 e. The maximum atomic E-state index is 11.7. The molecule has 0 aliphatic carbocycles. The molecule has 0 aromatic carbocycles. The molecule has 1 rings (SSSR count). The van der Waals surface area contributed by atoms with Crippen LogP contribution in [0.25, 0.3) is 0 Å². The van der Waals surface area contributed by atoms with Gasteiger partial charge in [0.1, 0.15) is 5.01 Å². The fourth-order valence-corrected chi connectivity index (χ4v) is 2.52. The molecular weight excluding hydrogens is 232 g/mol. The average Bonchev–Trinajstić information content (AvgIpc) is 2.63. The lowest BCUT2D eigenvalue weighted by Gasteiger charge is -2.13. The first-order valence-electron chi connectivity index (χ1n) is 5.92. The van der Waals surface area contributed by atoms with Gasteiger partial charge in [-0.2, -0.15) is 0 Å². The van der Waals surface area contributed by atoms with Gasteiger partial charge in [-0.05, 0) is 27.2 Å². The molecule has 0 unspecified atom stereocenters. The highest BCUT2D eigenvalue weighted by Gasteiger charge is 2.16. The van der Waals surface area contributed by atoms with Gasteiger partial charge in [0.2, 0.25) is 5.91 Å². The maximum Gasteiger partial charge on any atom is 0.224 e. The van der Waals surface area contributed by atoms with Crippen molar-refractivity contribution in [2.45, 2.75) is 46.6 Å². The number of aryl methyl sites for hydroxylation is 2. The van der Waals surface area contributed by atoms with Crippen molar-refractivity contribution in [1.82, 2.24) is 10.3 Å². The number of carbonyl (C=O) groups is 1. The fourth-order valence-electron chi connectivity index (χ4n) is 1.46. The van der Waals surface area contributed by atoms with E-state index in [-0.39, 0.29) is 11.9 Å². The number of nitrogens with one attached hydrogen (secondary N) is 1. The molecule has 0 spiro atoms. The van der Waals surface area contributed by atoms with Gasteiger partial charge in [0.25, 0.3) is 0 Å². The van der Waals surface area contributed by atoms with Crippen LogP contribution in [-0.2, 0) is 4.79 Å². The second-order valence-electron chi connectivity index (χ2n) is 4.00. The van der Waals surface area contributed by atoms with E-state index >= 15 is 0 Å². The topological polar surface area (TPSA) is 42.0 Å². The summed E-state index contributed by atoms with van der Waals surface area (Å²) in [5, 5.41) is 4.03. The van der Waals surface area contributed by atoms with Crippen LogP contribution >= 0.6 is 11.3 Å². The Balaban J connectivity index is 2.68. The molecule has 0 saturated carbocycles. The normalized spacial score (nSPS) is 12.9. The lowest BCUT2D eigenvalue weighted by atomic mass is 10.2. The second-order valence-corrected chi connectivity index (χ2v) is 5.23. The molecule has 1 amide bonds. The zero-order valence-electron chi connectivity index (χ0n) is 10.9. The molecule has 3 nitrogen and oxygen atoms in total. The van der Waals surface area contributed by atoms with Gasteiger partial charge in [-0.3, -0.25) is 4.79 Å². The van der Waals surface area contributed by atoms with Crippen LogP contribution in [0, 0.1) is 13.8 Å². The van der Waals surface area contributed by atoms with Gasteiger partial charge in [-0.25, -0.2) is 4.98 Å². The van der Waals surface area contributed by atoms with Crippen LogP contribution in [0.4, 0.5) is 0 Å². The number of hydrogen-bond acceptors (Lipinski definition) is 3. The number of amides is 1. The molecule has 17 heavy (non-hydrogen) atoms. The molecular formula is C13H20N2OS. The van der Waals surface area contributed by atoms with Crippen molar-refractivity contribution >= 4 is 17.2 Å². The summed E-state index contributed by atoms with van der Waals surface area (Å²) in [4.78, 5) is 17.4. The average molecular weight is 252 g/mol. The monoisotopic (exact) mass is 252 g/mol. The summed E-state index contributed by atoms with van der Waals surface area (Å²) in [5.41, 5.74) is 1.06. The van der Waals surface area contributed by atoms with Gasteiger partial charge in [0, 0.05) is 11.3 Å². The summed E-state index contributed by atoms with van der Waals surface area (Å²) in [6, 6.07) is 0.0464. The summed E-state index contributed by atoms with van der Waals surface area (Å²) < 4.78 is 0. The van der Waals surface area contributed by atoms with Crippen LogP contribution in [0.3, 0.4) is 0 Å². The largest absolute Gasteiger partial charge is 0.347 e. The highest BCUT2D eigenvalue weighted by molar-refractivity contribution is 7.11. The van der Waals surface area contributed by atoms with Crippen molar-refractivity contribution in [3.05, 3.63) is 27.7 Å². The Labute approximate surface area is 107 Å². The van der Waals surface area contributed by atoms with Crippen LogP contribution < -0.4 is 5.32 Å². The summed E-state index contributed by atoms with van der Waals surface area (Å²) in [5.74, 6) is 0.0560. The van der Waals surface area contributed by atoms with Crippen LogP contribution in [0.5, 0.6) is 0 Å². The summed E-state index contributed by atoms with van der Waals surface area (Å²) in [7, 11) is 0. The number of rotatable bonds is 5. The van der Waals surface area contributed by atoms with Crippen LogP contribution in [0.1, 0.15) is 48.3 Å². The third-order valence-electron chi connectivity index (χ3n) is 2.63. The Kier molecular flexibility index (Phi) is 5.35. The molecule has 1 aromatic rings. The van der Waals surface area contributed by atoms with Gasteiger partial charge < -0.3 is 5.32 Å². The Hall–Kier alpha value is -1.16. The van der Waals surface area contributed by atoms with E-state index in [0.29, 0.717) is 6.42 Å². The van der Waals surface area contributed by atoms with Gasteiger partial charge in [0.05, 0.1) is 11.7 Å². The Bertz CT molecular complexity index is 390. The van der Waals surface area contributed by atoms with Gasteiger partial charge in [-0.1, -0.05) is 19.1 Å². The molecule has 0 aliphatic rings. The minimum Gasteiger partial charge on any atom is -0.347 e. The first-order valence-corrected chi connectivity index (χ1v) is 6.74. The van der Waals surface area contributed by atoms with E-state index in [0.717, 1.165) is 17.1 Å². The van der Waals surface area contributed by atoms with Crippen LogP contribution in [0.2, 0.25) is 0 Å². The number of carbonyl (C=O) groups excluding carboxylic acids is 1. The van der Waals surface area contributed by atoms with Crippen molar-refractivity contribution in [3.63, 3.8) is 0 Å². The Morgan fingerprint density at radius 3 is 2.71 bits per heavy atom.